The van der Waals surface area contributed by atoms with E-state index in [4.69, 9.17) is 44.9 Å². The molecule has 0 spiro atoms. The highest BCUT2D eigenvalue weighted by Crippen LogP contribution is 2.42. The number of para-hydroxylation sites is 4. The number of benzene rings is 20. The molecule has 0 radical (unpaired) electrons. The lowest BCUT2D eigenvalue weighted by molar-refractivity contribution is 1.07. The third kappa shape index (κ3) is 17.2. The first-order chi connectivity index (χ1) is 69.9. The van der Waals surface area contributed by atoms with Crippen LogP contribution in [0.1, 0.15) is 0 Å². The lowest BCUT2D eigenvalue weighted by atomic mass is 10.0. The molecule has 0 saturated heterocycles. The van der Waals surface area contributed by atoms with Gasteiger partial charge in [-0.1, -0.05) is 431 Å². The molecule has 0 N–H and O–H groups in total. The topological polar surface area (TPSA) is 131 Å². The van der Waals surface area contributed by atoms with Gasteiger partial charge >= 0.3 is 0 Å². The van der Waals surface area contributed by atoms with Crippen LogP contribution in [0.5, 0.6) is 0 Å². The first-order valence-electron chi connectivity index (χ1n) is 47.3. The van der Waals surface area contributed by atoms with Crippen LogP contribution in [0.4, 0.5) is 0 Å². The Morgan fingerprint density at radius 1 is 0.0993 bits per heavy atom. The summed E-state index contributed by atoms with van der Waals surface area (Å²) in [5.41, 5.74) is 30.3. The van der Waals surface area contributed by atoms with Crippen molar-refractivity contribution in [1.29, 1.82) is 0 Å². The van der Waals surface area contributed by atoms with Gasteiger partial charge in [0.1, 0.15) is 0 Å². The number of hydrogen-bond donors (Lipinski definition) is 0. The Kier molecular flexibility index (Phi) is 22.8. The van der Waals surface area contributed by atoms with E-state index in [1.807, 2.05) is 109 Å². The fourth-order valence-corrected chi connectivity index (χ4v) is 19.1. The smallest absolute Gasteiger partial charge is 0.164 e. The maximum Gasteiger partial charge on any atom is 0.164 e. The quantitative estimate of drug-likeness (QED) is 0.0874. The molecule has 12 heteroatoms. The van der Waals surface area contributed by atoms with Crippen LogP contribution in [0.3, 0.4) is 0 Å². The first-order valence-corrected chi connectivity index (χ1v) is 47.3. The molecule has 0 unspecified atom stereocenters. The highest BCUT2D eigenvalue weighted by molar-refractivity contribution is 6.12. The molecule has 141 heavy (non-hydrogen) atoms. The SMILES string of the molecule is c1ccc(-c2ccc(-c3nc(-c4ccccc4)nc(-c4ccc(-n5c6ccccc6c6ccccc65)cc4)n3)cc2)cc1.c1ccc(-c2ccc(-c3nc(-c4ccccc4)nc(-c4cccc(-n5c6ccccc6c6ccc(-c7ccccc7)cc65)c4)n3)cc2)cc1.c1ccc(-c2cccc(-c3nc(-c4ccccc4)nc(-c4cccc(-n5c6ccccc6c6ccc(-c7ccccc7)cc65)c4)n3)c2)cc1. The highest BCUT2D eigenvalue weighted by Gasteiger charge is 2.23. The van der Waals surface area contributed by atoms with E-state index in [1.165, 1.54) is 76.7 Å². The van der Waals surface area contributed by atoms with Gasteiger partial charge in [0.05, 0.1) is 33.1 Å². The number of aromatic nitrogens is 12. The monoisotopic (exact) mass is 1800 g/mol. The molecule has 26 aromatic rings. The Morgan fingerprint density at radius 3 is 0.574 bits per heavy atom. The van der Waals surface area contributed by atoms with Crippen LogP contribution in [0, 0.1) is 0 Å². The summed E-state index contributed by atoms with van der Waals surface area (Å²) < 4.78 is 7.02. The average Bonchev–Trinajstić information content (AvgIpc) is 1.60. The Bertz CT molecular complexity index is 8980. The minimum Gasteiger partial charge on any atom is -0.309 e. The number of rotatable bonds is 17. The Morgan fingerprint density at radius 2 is 0.277 bits per heavy atom. The predicted octanol–water partition coefficient (Wildman–Crippen LogP) is 32.2. The zero-order chi connectivity index (χ0) is 93.7. The molecule has 0 atom stereocenters. The molecule has 0 aliphatic rings. The zero-order valence-electron chi connectivity index (χ0n) is 76.5. The van der Waals surface area contributed by atoms with Gasteiger partial charge in [-0.25, -0.2) is 44.9 Å². The molecule has 0 aliphatic carbocycles. The van der Waals surface area contributed by atoms with E-state index in [0.717, 1.165) is 111 Å². The third-order valence-electron chi connectivity index (χ3n) is 26.0. The van der Waals surface area contributed by atoms with Crippen molar-refractivity contribution in [2.75, 3.05) is 0 Å². The summed E-state index contributed by atoms with van der Waals surface area (Å²) in [6.45, 7) is 0. The molecule has 0 amide bonds. The maximum absolute atomic E-state index is 5.10. The Balaban J connectivity index is 0.000000115. The van der Waals surface area contributed by atoms with E-state index in [-0.39, 0.29) is 0 Å². The molecule has 662 valence electrons. The molecule has 0 saturated carbocycles. The van der Waals surface area contributed by atoms with Crippen molar-refractivity contribution in [3.63, 3.8) is 0 Å². The molecule has 0 aliphatic heterocycles. The van der Waals surface area contributed by atoms with Gasteiger partial charge in [0, 0.05) is 99.5 Å². The van der Waals surface area contributed by atoms with Crippen molar-refractivity contribution in [2.45, 2.75) is 0 Å². The van der Waals surface area contributed by atoms with E-state index >= 15 is 0 Å². The standard InChI is InChI=1S/2C45H30N4.C39H26N4/c1-4-14-31(15-5-1)34-20-12-21-36(28-34)44-46-43(33-18-8-3-9-19-33)47-45(48-44)37-22-13-23-38(29-37)49-41-25-11-10-24-39(41)40-27-26-35(30-42(40)49)32-16-6-2-7-17-32;1-4-13-31(14-5-1)33-23-25-35(26-24-33)44-46-43(34-17-8-3-9-18-34)47-45(48-44)37-19-12-20-38(29-37)49-41-22-11-10-21-39(41)40-28-27-36(30-42(40)49)32-15-6-2-7-16-32;1-3-11-27(12-4-1)28-19-21-30(22-20-28)38-40-37(29-13-5-2-6-14-29)41-39(42-38)31-23-25-32(26-24-31)43-35-17-9-7-15-33(35)34-16-8-10-18-36(34)43/h2*1-30H;1-26H. The minimum atomic E-state index is 0.626. The fourth-order valence-electron chi connectivity index (χ4n) is 19.1. The van der Waals surface area contributed by atoms with E-state index in [0.29, 0.717) is 52.4 Å². The van der Waals surface area contributed by atoms with Gasteiger partial charge in [-0.3, -0.25) is 0 Å². The second-order valence-corrected chi connectivity index (χ2v) is 34.8. The Labute approximate surface area is 815 Å². The molecule has 6 heterocycles. The van der Waals surface area contributed by atoms with Gasteiger partial charge in [-0.2, -0.15) is 0 Å². The first kappa shape index (κ1) is 84.8. The summed E-state index contributed by atoms with van der Waals surface area (Å²) in [6.07, 6.45) is 0. The normalized spacial score (nSPS) is 11.3. The lowest BCUT2D eigenvalue weighted by Gasteiger charge is -2.12. The molecule has 20 aromatic carbocycles. The van der Waals surface area contributed by atoms with Crippen molar-refractivity contribution < 1.29 is 0 Å². The molecular formula is C129H86N12. The van der Waals surface area contributed by atoms with Gasteiger partial charge < -0.3 is 13.7 Å². The largest absolute Gasteiger partial charge is 0.309 e. The minimum absolute atomic E-state index is 0.626. The maximum atomic E-state index is 5.10. The second kappa shape index (κ2) is 37.9. The fraction of sp³-hybridized carbons (Fsp3) is 0. The van der Waals surface area contributed by atoms with Crippen molar-refractivity contribution in [3.8, 4) is 175 Å². The van der Waals surface area contributed by atoms with E-state index in [9.17, 15) is 0 Å². The van der Waals surface area contributed by atoms with Crippen LogP contribution in [-0.2, 0) is 0 Å². The zero-order valence-corrected chi connectivity index (χ0v) is 76.5. The van der Waals surface area contributed by atoms with Crippen LogP contribution in [0.2, 0.25) is 0 Å². The van der Waals surface area contributed by atoms with Gasteiger partial charge in [0.25, 0.3) is 0 Å². The number of nitrogens with zero attached hydrogens (tertiary/aromatic N) is 12. The summed E-state index contributed by atoms with van der Waals surface area (Å²) >= 11 is 0. The van der Waals surface area contributed by atoms with Crippen molar-refractivity contribution >= 4 is 65.4 Å². The average molecular weight is 1800 g/mol. The van der Waals surface area contributed by atoms with E-state index in [1.54, 1.807) is 0 Å². The number of fused-ring (bicyclic) bond motifs is 9. The van der Waals surface area contributed by atoms with E-state index < -0.39 is 0 Å². The molecule has 0 bridgehead atoms. The molecular weight excluding hydrogens is 1720 g/mol. The lowest BCUT2D eigenvalue weighted by Crippen LogP contribution is -2.01. The molecule has 6 aromatic heterocycles. The second-order valence-electron chi connectivity index (χ2n) is 34.8. The summed E-state index contributed by atoms with van der Waals surface area (Å²) in [4.78, 5) is 45.0. The van der Waals surface area contributed by atoms with Gasteiger partial charge in [-0.15, -0.1) is 0 Å². The predicted molar refractivity (Wildman–Crippen MR) is 579 cm³/mol. The van der Waals surface area contributed by atoms with E-state index in [2.05, 4.69) is 426 Å². The van der Waals surface area contributed by atoms with Gasteiger partial charge in [0.15, 0.2) is 52.4 Å². The number of hydrogen-bond acceptors (Lipinski definition) is 9. The van der Waals surface area contributed by atoms with Crippen LogP contribution in [0.25, 0.3) is 241 Å². The summed E-state index contributed by atoms with van der Waals surface area (Å²) in [7, 11) is 0. The summed E-state index contributed by atoms with van der Waals surface area (Å²) in [5, 5.41) is 7.36. The highest BCUT2D eigenvalue weighted by atomic mass is 15.1. The van der Waals surface area contributed by atoms with Crippen LogP contribution >= 0.6 is 0 Å². The molecule has 12 nitrogen and oxygen atoms in total. The Hall–Kier alpha value is -19.2. The van der Waals surface area contributed by atoms with Crippen LogP contribution < -0.4 is 0 Å². The summed E-state index contributed by atoms with van der Waals surface area (Å²) in [5.74, 6) is 5.75. The van der Waals surface area contributed by atoms with Gasteiger partial charge in [0.2, 0.25) is 0 Å². The third-order valence-corrected chi connectivity index (χ3v) is 26.0. The van der Waals surface area contributed by atoms with Crippen LogP contribution in [0.15, 0.2) is 522 Å². The van der Waals surface area contributed by atoms with Crippen LogP contribution in [-0.4, -0.2) is 58.6 Å². The van der Waals surface area contributed by atoms with Crippen molar-refractivity contribution in [2.24, 2.45) is 0 Å². The molecule has 26 rings (SSSR count). The van der Waals surface area contributed by atoms with Crippen molar-refractivity contribution in [1.82, 2.24) is 58.6 Å². The summed E-state index contributed by atoms with van der Waals surface area (Å²) in [6, 6.07) is 181. The van der Waals surface area contributed by atoms with Gasteiger partial charge in [-0.05, 0) is 147 Å². The molecule has 0 fully saturated rings. The van der Waals surface area contributed by atoms with Crippen molar-refractivity contribution in [3.05, 3.63) is 522 Å².